The van der Waals surface area contributed by atoms with Gasteiger partial charge in [-0.25, -0.2) is 9.38 Å². The van der Waals surface area contributed by atoms with Crippen LogP contribution in [-0.4, -0.2) is 12.3 Å². The molecule has 0 aliphatic carbocycles. The lowest BCUT2D eigenvalue weighted by molar-refractivity contribution is 0.386. The fourth-order valence-corrected chi connectivity index (χ4v) is 1.25. The van der Waals surface area contributed by atoms with Crippen LogP contribution in [0.15, 0.2) is 23.2 Å². The van der Waals surface area contributed by atoms with Gasteiger partial charge in [0.1, 0.15) is 0 Å². The molecular formula is C10H10FNOS. The Labute approximate surface area is 87.4 Å². The molecule has 4 heteroatoms. The molecule has 74 valence electrons. The Bertz CT molecular complexity index is 374. The van der Waals surface area contributed by atoms with E-state index in [1.165, 1.54) is 13.2 Å². The van der Waals surface area contributed by atoms with Crippen LogP contribution in [0.5, 0.6) is 5.75 Å². The van der Waals surface area contributed by atoms with Gasteiger partial charge in [-0.1, -0.05) is 6.07 Å². The molecule has 0 spiro atoms. The van der Waals surface area contributed by atoms with E-state index in [1.54, 1.807) is 12.1 Å². The highest BCUT2D eigenvalue weighted by atomic mass is 32.1. The maximum Gasteiger partial charge on any atom is 0.165 e. The third-order valence-electron chi connectivity index (χ3n) is 1.90. The van der Waals surface area contributed by atoms with Gasteiger partial charge in [0, 0.05) is 0 Å². The SMILES string of the molecule is COc1ccc([C@@H](C)N=C=S)cc1F. The predicted octanol–water partition coefficient (Wildman–Crippen LogP) is 3.00. The van der Waals surface area contributed by atoms with Gasteiger partial charge < -0.3 is 4.74 Å². The Morgan fingerprint density at radius 3 is 2.79 bits per heavy atom. The van der Waals surface area contributed by atoms with E-state index < -0.39 is 5.82 Å². The average Bonchev–Trinajstić information content (AvgIpc) is 2.18. The molecule has 0 N–H and O–H groups in total. The van der Waals surface area contributed by atoms with Crippen LogP contribution in [0.2, 0.25) is 0 Å². The first-order valence-electron chi connectivity index (χ1n) is 4.09. The topological polar surface area (TPSA) is 21.6 Å². The van der Waals surface area contributed by atoms with Crippen molar-refractivity contribution < 1.29 is 9.13 Å². The van der Waals surface area contributed by atoms with Crippen molar-refractivity contribution in [2.75, 3.05) is 7.11 Å². The maximum atomic E-state index is 13.2. The molecule has 0 aliphatic rings. The highest BCUT2D eigenvalue weighted by molar-refractivity contribution is 7.78. The molecule has 2 nitrogen and oxygen atoms in total. The second-order valence-corrected chi connectivity index (χ2v) is 2.97. The molecule has 1 aromatic carbocycles. The quantitative estimate of drug-likeness (QED) is 0.566. The third-order valence-corrected chi connectivity index (χ3v) is 2.01. The van der Waals surface area contributed by atoms with Crippen molar-refractivity contribution in [3.05, 3.63) is 29.6 Å². The van der Waals surface area contributed by atoms with Crippen LogP contribution < -0.4 is 4.74 Å². The Balaban J connectivity index is 3.01. The first kappa shape index (κ1) is 10.8. The number of halogens is 1. The molecule has 0 heterocycles. The summed E-state index contributed by atoms with van der Waals surface area (Å²) >= 11 is 4.47. The highest BCUT2D eigenvalue weighted by Crippen LogP contribution is 2.23. The summed E-state index contributed by atoms with van der Waals surface area (Å²) in [6, 6.07) is 4.54. The average molecular weight is 211 g/mol. The summed E-state index contributed by atoms with van der Waals surface area (Å²) in [4.78, 5) is 3.85. The maximum absolute atomic E-state index is 13.2. The number of hydrogen-bond acceptors (Lipinski definition) is 3. The van der Waals surface area contributed by atoms with E-state index in [0.29, 0.717) is 0 Å². The van der Waals surface area contributed by atoms with Crippen molar-refractivity contribution in [1.29, 1.82) is 0 Å². The van der Waals surface area contributed by atoms with Crippen molar-refractivity contribution in [2.24, 2.45) is 4.99 Å². The number of methoxy groups -OCH3 is 1. The molecule has 0 amide bonds. The van der Waals surface area contributed by atoms with Gasteiger partial charge in [0.2, 0.25) is 0 Å². The van der Waals surface area contributed by atoms with Crippen LogP contribution in [-0.2, 0) is 0 Å². The van der Waals surface area contributed by atoms with Crippen molar-refractivity contribution in [2.45, 2.75) is 13.0 Å². The molecule has 1 rings (SSSR count). The van der Waals surface area contributed by atoms with Crippen LogP contribution in [0.1, 0.15) is 18.5 Å². The molecule has 0 aromatic heterocycles. The third kappa shape index (κ3) is 2.37. The molecule has 0 radical (unpaired) electrons. The normalized spacial score (nSPS) is 11.6. The standard InChI is InChI=1S/C10H10FNOS/c1-7(12-6-14)8-3-4-10(13-2)9(11)5-8/h3-5,7H,1-2H3/t7-/m1/s1. The number of nitrogens with zero attached hydrogens (tertiary/aromatic N) is 1. The zero-order valence-corrected chi connectivity index (χ0v) is 8.77. The Morgan fingerprint density at radius 1 is 1.57 bits per heavy atom. The smallest absolute Gasteiger partial charge is 0.165 e. The molecule has 14 heavy (non-hydrogen) atoms. The fourth-order valence-electron chi connectivity index (χ4n) is 1.10. The van der Waals surface area contributed by atoms with Gasteiger partial charge in [0.25, 0.3) is 0 Å². The number of rotatable bonds is 3. The van der Waals surface area contributed by atoms with Gasteiger partial charge in [0.05, 0.1) is 18.3 Å². The summed E-state index contributed by atoms with van der Waals surface area (Å²) in [5.41, 5.74) is 0.751. The van der Waals surface area contributed by atoms with Crippen LogP contribution in [0.25, 0.3) is 0 Å². The molecular weight excluding hydrogens is 201 g/mol. The van der Waals surface area contributed by atoms with Crippen LogP contribution in [0, 0.1) is 5.82 Å². The first-order chi connectivity index (χ1) is 6.69. The molecule has 0 saturated carbocycles. The monoisotopic (exact) mass is 211 g/mol. The lowest BCUT2D eigenvalue weighted by Crippen LogP contribution is -1.93. The lowest BCUT2D eigenvalue weighted by atomic mass is 10.1. The number of ether oxygens (including phenoxy) is 1. The minimum Gasteiger partial charge on any atom is -0.494 e. The molecule has 0 bridgehead atoms. The van der Waals surface area contributed by atoms with Gasteiger partial charge in [-0.15, -0.1) is 0 Å². The van der Waals surface area contributed by atoms with E-state index in [-0.39, 0.29) is 11.8 Å². The van der Waals surface area contributed by atoms with Crippen molar-refractivity contribution in [1.82, 2.24) is 0 Å². The number of isothiocyanates is 1. The van der Waals surface area contributed by atoms with Gasteiger partial charge in [0.15, 0.2) is 11.6 Å². The summed E-state index contributed by atoms with van der Waals surface area (Å²) in [5, 5.41) is 2.27. The van der Waals surface area contributed by atoms with Gasteiger partial charge in [-0.2, -0.15) is 0 Å². The van der Waals surface area contributed by atoms with Crippen molar-refractivity contribution in [3.63, 3.8) is 0 Å². The molecule has 1 atom stereocenters. The van der Waals surface area contributed by atoms with E-state index in [1.807, 2.05) is 6.92 Å². The lowest BCUT2D eigenvalue weighted by Gasteiger charge is -2.07. The molecule has 1 aromatic rings. The minimum absolute atomic E-state index is 0.173. The van der Waals surface area contributed by atoms with Crippen molar-refractivity contribution in [3.8, 4) is 5.75 Å². The van der Waals surface area contributed by atoms with Crippen molar-refractivity contribution >= 4 is 17.4 Å². The Kier molecular flexibility index (Phi) is 3.74. The summed E-state index contributed by atoms with van der Waals surface area (Å²) in [5.74, 6) is -0.163. The van der Waals surface area contributed by atoms with Gasteiger partial charge in [-0.3, -0.25) is 0 Å². The Hall–Kier alpha value is -1.25. The summed E-state index contributed by atoms with van der Waals surface area (Å²) in [7, 11) is 1.43. The second kappa shape index (κ2) is 4.84. The van der Waals surface area contributed by atoms with E-state index in [0.717, 1.165) is 5.56 Å². The second-order valence-electron chi connectivity index (χ2n) is 2.79. The van der Waals surface area contributed by atoms with E-state index in [2.05, 4.69) is 22.4 Å². The number of hydrogen-bond donors (Lipinski definition) is 0. The van der Waals surface area contributed by atoms with E-state index in [4.69, 9.17) is 4.74 Å². The zero-order valence-electron chi connectivity index (χ0n) is 7.95. The van der Waals surface area contributed by atoms with Gasteiger partial charge in [-0.05, 0) is 36.8 Å². The van der Waals surface area contributed by atoms with E-state index in [9.17, 15) is 4.39 Å². The largest absolute Gasteiger partial charge is 0.494 e. The zero-order chi connectivity index (χ0) is 10.6. The highest BCUT2D eigenvalue weighted by Gasteiger charge is 2.07. The molecule has 0 saturated heterocycles. The van der Waals surface area contributed by atoms with Crippen LogP contribution >= 0.6 is 12.2 Å². The minimum atomic E-state index is -0.392. The van der Waals surface area contributed by atoms with E-state index >= 15 is 0 Å². The molecule has 0 aliphatic heterocycles. The Morgan fingerprint density at radius 2 is 2.29 bits per heavy atom. The van der Waals surface area contributed by atoms with Crippen LogP contribution in [0.3, 0.4) is 0 Å². The summed E-state index contributed by atoms with van der Waals surface area (Å²) < 4.78 is 18.0. The fraction of sp³-hybridized carbons (Fsp3) is 0.300. The predicted molar refractivity (Wildman–Crippen MR) is 56.4 cm³/mol. The molecule has 0 unspecified atom stereocenters. The first-order valence-corrected chi connectivity index (χ1v) is 4.50. The molecule has 0 fully saturated rings. The van der Waals surface area contributed by atoms with Crippen LogP contribution in [0.4, 0.5) is 4.39 Å². The summed E-state index contributed by atoms with van der Waals surface area (Å²) in [6.45, 7) is 1.82. The number of aliphatic imine (C=N–C) groups is 1. The summed E-state index contributed by atoms with van der Waals surface area (Å²) in [6.07, 6.45) is 0. The number of thiocarbonyl (C=S) groups is 1. The number of benzene rings is 1. The van der Waals surface area contributed by atoms with Gasteiger partial charge >= 0.3 is 0 Å².